The van der Waals surface area contributed by atoms with E-state index in [4.69, 9.17) is 0 Å². The maximum Gasteiger partial charge on any atom is 0.377 e. The first-order chi connectivity index (χ1) is 7.50. The second-order valence-electron chi connectivity index (χ2n) is 3.48. The van der Waals surface area contributed by atoms with Crippen molar-refractivity contribution in [1.29, 1.82) is 0 Å². The van der Waals surface area contributed by atoms with Crippen LogP contribution in [0.25, 0.3) is 0 Å². The molecule has 0 radical (unpaired) electrons. The van der Waals surface area contributed by atoms with Crippen LogP contribution in [0.15, 0.2) is 30.3 Å². The number of esters is 1. The van der Waals surface area contributed by atoms with Gasteiger partial charge in [0, 0.05) is 0 Å². The third-order valence-corrected chi connectivity index (χ3v) is 2.39. The van der Waals surface area contributed by atoms with Crippen molar-refractivity contribution < 1.29 is 18.3 Å². The van der Waals surface area contributed by atoms with Gasteiger partial charge in [-0.05, 0) is 12.5 Å². The molecule has 0 aliphatic rings. The van der Waals surface area contributed by atoms with Crippen molar-refractivity contribution in [2.45, 2.75) is 25.7 Å². The van der Waals surface area contributed by atoms with Gasteiger partial charge in [0.2, 0.25) is 0 Å². The molecule has 2 nitrogen and oxygen atoms in total. The summed E-state index contributed by atoms with van der Waals surface area (Å²) >= 11 is 0. The highest BCUT2D eigenvalue weighted by Crippen LogP contribution is 2.34. The summed E-state index contributed by atoms with van der Waals surface area (Å²) in [6.07, 6.45) is 0. The second kappa shape index (κ2) is 5.05. The summed E-state index contributed by atoms with van der Waals surface area (Å²) in [5.74, 6) is -6.14. The van der Waals surface area contributed by atoms with Crippen LogP contribution in [0.5, 0.6) is 0 Å². The smallest absolute Gasteiger partial charge is 0.377 e. The van der Waals surface area contributed by atoms with Crippen molar-refractivity contribution in [3.63, 3.8) is 0 Å². The third-order valence-electron chi connectivity index (χ3n) is 2.39. The fourth-order valence-electron chi connectivity index (χ4n) is 1.36. The molecule has 88 valence electrons. The minimum atomic E-state index is -3.49. The number of carbonyl (C=O) groups is 1. The number of carbonyl (C=O) groups excluding carboxylic acids is 1. The molecule has 0 fully saturated rings. The standard InChI is InChI=1S/C12H14F2O2/c1-3-16-11(15)12(13,14)9(2)10-7-5-4-6-8-10/h4-9H,3H2,1-2H3/t9-/m1/s1. The highest BCUT2D eigenvalue weighted by atomic mass is 19.3. The summed E-state index contributed by atoms with van der Waals surface area (Å²) in [7, 11) is 0. The van der Waals surface area contributed by atoms with Crippen LogP contribution in [0.2, 0.25) is 0 Å². The summed E-state index contributed by atoms with van der Waals surface area (Å²) in [5.41, 5.74) is 0.417. The van der Waals surface area contributed by atoms with Crippen molar-refractivity contribution in [3.8, 4) is 0 Å². The van der Waals surface area contributed by atoms with E-state index in [1.165, 1.54) is 13.8 Å². The number of halogens is 2. The first kappa shape index (κ1) is 12.6. The average molecular weight is 228 g/mol. The molecule has 0 saturated carbocycles. The van der Waals surface area contributed by atoms with Crippen LogP contribution in [0.4, 0.5) is 8.78 Å². The highest BCUT2D eigenvalue weighted by Gasteiger charge is 2.46. The van der Waals surface area contributed by atoms with Gasteiger partial charge in [-0.25, -0.2) is 4.79 Å². The third kappa shape index (κ3) is 2.56. The van der Waals surface area contributed by atoms with E-state index in [0.29, 0.717) is 5.56 Å². The Morgan fingerprint density at radius 3 is 2.44 bits per heavy atom. The van der Waals surface area contributed by atoms with Gasteiger partial charge < -0.3 is 4.74 Å². The summed E-state index contributed by atoms with van der Waals surface area (Å²) in [6.45, 7) is 2.77. The summed E-state index contributed by atoms with van der Waals surface area (Å²) in [4.78, 5) is 11.1. The van der Waals surface area contributed by atoms with Crippen LogP contribution >= 0.6 is 0 Å². The van der Waals surface area contributed by atoms with Crippen molar-refractivity contribution in [3.05, 3.63) is 35.9 Å². The molecule has 0 heterocycles. The van der Waals surface area contributed by atoms with Gasteiger partial charge in [-0.1, -0.05) is 37.3 Å². The molecule has 1 atom stereocenters. The van der Waals surface area contributed by atoms with Gasteiger partial charge in [-0.15, -0.1) is 0 Å². The van der Waals surface area contributed by atoms with E-state index in [9.17, 15) is 13.6 Å². The first-order valence-corrected chi connectivity index (χ1v) is 5.10. The Morgan fingerprint density at radius 1 is 1.38 bits per heavy atom. The van der Waals surface area contributed by atoms with E-state index in [-0.39, 0.29) is 6.61 Å². The Kier molecular flexibility index (Phi) is 3.99. The zero-order valence-corrected chi connectivity index (χ0v) is 9.24. The number of hydrogen-bond donors (Lipinski definition) is 0. The van der Waals surface area contributed by atoms with Crippen molar-refractivity contribution in [2.24, 2.45) is 0 Å². The van der Waals surface area contributed by atoms with Gasteiger partial charge in [0.05, 0.1) is 12.5 Å². The minimum Gasteiger partial charge on any atom is -0.462 e. The predicted octanol–water partition coefficient (Wildman–Crippen LogP) is 2.99. The van der Waals surface area contributed by atoms with Crippen LogP contribution in [0.3, 0.4) is 0 Å². The number of benzene rings is 1. The number of rotatable bonds is 4. The fraction of sp³-hybridized carbons (Fsp3) is 0.417. The van der Waals surface area contributed by atoms with Gasteiger partial charge in [-0.3, -0.25) is 0 Å². The van der Waals surface area contributed by atoms with Crippen LogP contribution < -0.4 is 0 Å². The van der Waals surface area contributed by atoms with Gasteiger partial charge >= 0.3 is 11.9 Å². The van der Waals surface area contributed by atoms with E-state index in [0.717, 1.165) is 0 Å². The SMILES string of the molecule is CCOC(=O)C(F)(F)[C@H](C)c1ccccc1. The lowest BCUT2D eigenvalue weighted by Gasteiger charge is -2.21. The summed E-state index contributed by atoms with van der Waals surface area (Å²) in [5, 5.41) is 0. The number of ether oxygens (including phenoxy) is 1. The Bertz CT molecular complexity index is 349. The maximum atomic E-state index is 13.6. The number of alkyl halides is 2. The molecule has 0 aliphatic heterocycles. The van der Waals surface area contributed by atoms with Crippen LogP contribution in [0.1, 0.15) is 25.3 Å². The summed E-state index contributed by atoms with van der Waals surface area (Å²) < 4.78 is 31.6. The molecule has 1 aromatic carbocycles. The lowest BCUT2D eigenvalue weighted by molar-refractivity contribution is -0.174. The van der Waals surface area contributed by atoms with Crippen LogP contribution in [-0.2, 0) is 9.53 Å². The fourth-order valence-corrected chi connectivity index (χ4v) is 1.36. The van der Waals surface area contributed by atoms with Crippen molar-refractivity contribution >= 4 is 5.97 Å². The van der Waals surface area contributed by atoms with Gasteiger partial charge in [0.15, 0.2) is 0 Å². The molecule has 0 amide bonds. The molecule has 1 aromatic rings. The van der Waals surface area contributed by atoms with Crippen LogP contribution in [-0.4, -0.2) is 18.5 Å². The van der Waals surface area contributed by atoms with Gasteiger partial charge in [0.25, 0.3) is 0 Å². The highest BCUT2D eigenvalue weighted by molar-refractivity contribution is 5.78. The molecule has 0 aliphatic carbocycles. The van der Waals surface area contributed by atoms with E-state index < -0.39 is 17.8 Å². The second-order valence-corrected chi connectivity index (χ2v) is 3.48. The molecule has 0 aromatic heterocycles. The Balaban J connectivity index is 2.87. The molecule has 16 heavy (non-hydrogen) atoms. The molecule has 0 saturated heterocycles. The molecule has 0 unspecified atom stereocenters. The molecular formula is C12H14F2O2. The first-order valence-electron chi connectivity index (χ1n) is 5.10. The Labute approximate surface area is 93.2 Å². The molecule has 0 spiro atoms. The lowest BCUT2D eigenvalue weighted by Crippen LogP contribution is -2.36. The monoisotopic (exact) mass is 228 g/mol. The number of hydrogen-bond acceptors (Lipinski definition) is 2. The van der Waals surface area contributed by atoms with E-state index in [1.54, 1.807) is 30.3 Å². The van der Waals surface area contributed by atoms with E-state index in [2.05, 4.69) is 4.74 Å². The maximum absolute atomic E-state index is 13.6. The average Bonchev–Trinajstić information content (AvgIpc) is 2.29. The van der Waals surface area contributed by atoms with Crippen LogP contribution in [0, 0.1) is 0 Å². The Hall–Kier alpha value is -1.45. The zero-order valence-electron chi connectivity index (χ0n) is 9.24. The zero-order chi connectivity index (χ0) is 12.2. The molecular weight excluding hydrogens is 214 g/mol. The molecule has 0 N–H and O–H groups in total. The molecule has 4 heteroatoms. The normalized spacial score (nSPS) is 13.2. The minimum absolute atomic E-state index is 0.0457. The lowest BCUT2D eigenvalue weighted by atomic mass is 9.94. The Morgan fingerprint density at radius 2 is 1.94 bits per heavy atom. The van der Waals surface area contributed by atoms with E-state index >= 15 is 0 Å². The predicted molar refractivity (Wildman–Crippen MR) is 56.4 cm³/mol. The molecule has 0 bridgehead atoms. The topological polar surface area (TPSA) is 26.3 Å². The quantitative estimate of drug-likeness (QED) is 0.740. The summed E-state index contributed by atoms with van der Waals surface area (Å²) in [6, 6.07) is 8.19. The van der Waals surface area contributed by atoms with Gasteiger partial charge in [0.1, 0.15) is 0 Å². The van der Waals surface area contributed by atoms with Gasteiger partial charge in [-0.2, -0.15) is 8.78 Å². The van der Waals surface area contributed by atoms with E-state index in [1.807, 2.05) is 0 Å². The largest absolute Gasteiger partial charge is 0.462 e. The van der Waals surface area contributed by atoms with Crippen molar-refractivity contribution in [1.82, 2.24) is 0 Å². The molecule has 1 rings (SSSR count). The van der Waals surface area contributed by atoms with Crippen molar-refractivity contribution in [2.75, 3.05) is 6.61 Å².